The second-order valence-corrected chi connectivity index (χ2v) is 7.86. The van der Waals surface area contributed by atoms with E-state index in [0.29, 0.717) is 30.6 Å². The van der Waals surface area contributed by atoms with Gasteiger partial charge in [-0.25, -0.2) is 4.79 Å². The van der Waals surface area contributed by atoms with Crippen molar-refractivity contribution in [3.63, 3.8) is 0 Å². The molecule has 0 aromatic heterocycles. The molecule has 0 aromatic carbocycles. The zero-order chi connectivity index (χ0) is 18.8. The molecule has 1 aliphatic carbocycles. The Balaban J connectivity index is 2.34. The molecule has 3 N–H and O–H groups in total. The van der Waals surface area contributed by atoms with E-state index in [4.69, 9.17) is 4.74 Å². The van der Waals surface area contributed by atoms with E-state index in [0.717, 1.165) is 17.6 Å². The summed E-state index contributed by atoms with van der Waals surface area (Å²) in [5.41, 5.74) is 0.143. The molecule has 0 radical (unpaired) electrons. The van der Waals surface area contributed by atoms with Crippen molar-refractivity contribution in [2.24, 2.45) is 0 Å². The predicted molar refractivity (Wildman–Crippen MR) is 95.6 cm³/mol. The van der Waals surface area contributed by atoms with Gasteiger partial charge in [-0.3, -0.25) is 0 Å². The molecule has 25 heavy (non-hydrogen) atoms. The third-order valence-electron chi connectivity index (χ3n) is 5.26. The molecule has 0 bridgehead atoms. The molecule has 0 aromatic rings. The highest BCUT2D eigenvalue weighted by Gasteiger charge is 2.33. The molecular formula is C20H30O5. The van der Waals surface area contributed by atoms with Crippen molar-refractivity contribution in [3.8, 4) is 0 Å². The lowest BCUT2D eigenvalue weighted by Gasteiger charge is -2.31. The minimum Gasteiger partial charge on any atom is -0.423 e. The normalized spacial score (nSPS) is 39.6. The molecule has 3 atom stereocenters. The Kier molecular flexibility index (Phi) is 5.92. The Hall–Kier alpha value is -1.43. The van der Waals surface area contributed by atoms with Crippen LogP contribution in [0, 0.1) is 0 Å². The highest BCUT2D eigenvalue weighted by atomic mass is 16.5. The second-order valence-electron chi connectivity index (χ2n) is 7.86. The van der Waals surface area contributed by atoms with Crippen molar-refractivity contribution in [1.82, 2.24) is 0 Å². The number of rotatable bonds is 0. The first-order valence-electron chi connectivity index (χ1n) is 8.95. The average Bonchev–Trinajstić information content (AvgIpc) is 2.75. The molecule has 0 fully saturated rings. The van der Waals surface area contributed by atoms with Gasteiger partial charge in [0.15, 0.2) is 0 Å². The first-order chi connectivity index (χ1) is 11.5. The quantitative estimate of drug-likeness (QED) is 0.462. The summed E-state index contributed by atoms with van der Waals surface area (Å²) in [6.07, 6.45) is 5.76. The van der Waals surface area contributed by atoms with E-state index in [1.54, 1.807) is 26.8 Å². The van der Waals surface area contributed by atoms with Gasteiger partial charge in [0.2, 0.25) is 0 Å². The van der Waals surface area contributed by atoms with Crippen LogP contribution in [-0.4, -0.2) is 38.6 Å². The zero-order valence-electron chi connectivity index (χ0n) is 15.6. The van der Waals surface area contributed by atoms with Gasteiger partial charge in [0, 0.05) is 11.1 Å². The maximum atomic E-state index is 11.9. The van der Waals surface area contributed by atoms with Crippen LogP contribution in [0.2, 0.25) is 0 Å². The molecule has 0 saturated heterocycles. The number of carbonyl (C=O) groups excluding carboxylic acids is 1. The largest absolute Gasteiger partial charge is 0.423 e. The van der Waals surface area contributed by atoms with Crippen LogP contribution >= 0.6 is 0 Å². The Morgan fingerprint density at radius 3 is 2.52 bits per heavy atom. The molecule has 1 unspecified atom stereocenters. The number of esters is 1. The van der Waals surface area contributed by atoms with Gasteiger partial charge >= 0.3 is 5.97 Å². The Morgan fingerprint density at radius 1 is 1.16 bits per heavy atom. The number of hydrogen-bond acceptors (Lipinski definition) is 5. The van der Waals surface area contributed by atoms with Crippen molar-refractivity contribution in [2.45, 2.75) is 83.5 Å². The first kappa shape index (κ1) is 19.9. The van der Waals surface area contributed by atoms with Gasteiger partial charge in [0.1, 0.15) is 5.76 Å². The summed E-state index contributed by atoms with van der Waals surface area (Å²) in [6.45, 7) is 7.01. The standard InChI is InChI=1S/C20H30O5/c1-13-6-5-10-20(4,24)17(21)9-11-19(3,23)12-16-15(8-7-13)14(2)18(22)25-16/h6,12,17,21,23-24H,5,7-11H2,1-4H3/b13-6+,16-12-/t17-,19+,20?/m0/s1. The van der Waals surface area contributed by atoms with Crippen molar-refractivity contribution < 1.29 is 24.9 Å². The summed E-state index contributed by atoms with van der Waals surface area (Å²) in [7, 11) is 0. The van der Waals surface area contributed by atoms with Crippen LogP contribution in [0.4, 0.5) is 0 Å². The van der Waals surface area contributed by atoms with Crippen LogP contribution < -0.4 is 0 Å². The van der Waals surface area contributed by atoms with Crippen molar-refractivity contribution in [3.05, 3.63) is 34.6 Å². The first-order valence-corrected chi connectivity index (χ1v) is 8.95. The van der Waals surface area contributed by atoms with E-state index >= 15 is 0 Å². The summed E-state index contributed by atoms with van der Waals surface area (Å²) < 4.78 is 5.33. The predicted octanol–water partition coefficient (Wildman–Crippen LogP) is 2.91. The number of aliphatic hydroxyl groups excluding tert-OH is 1. The fourth-order valence-corrected chi connectivity index (χ4v) is 3.27. The van der Waals surface area contributed by atoms with E-state index in [1.165, 1.54) is 0 Å². The maximum Gasteiger partial charge on any atom is 0.339 e. The van der Waals surface area contributed by atoms with Crippen molar-refractivity contribution >= 4 is 5.97 Å². The SMILES string of the molecule is CC1=C2CC/C(C)=C/CCC(C)(O)[C@@H](O)CC[C@@](C)(O)/C=C/2OC1=O. The van der Waals surface area contributed by atoms with E-state index in [9.17, 15) is 20.1 Å². The lowest BCUT2D eigenvalue weighted by Crippen LogP contribution is -2.40. The lowest BCUT2D eigenvalue weighted by atomic mass is 9.86. The Labute approximate surface area is 149 Å². The number of ether oxygens (including phenoxy) is 1. The number of allylic oxidation sites excluding steroid dienone is 3. The molecule has 1 heterocycles. The number of carbonyl (C=O) groups is 1. The molecule has 5 nitrogen and oxygen atoms in total. The van der Waals surface area contributed by atoms with Gasteiger partial charge in [-0.05, 0) is 72.3 Å². The van der Waals surface area contributed by atoms with Crippen LogP contribution in [0.25, 0.3) is 0 Å². The minimum atomic E-state index is -1.24. The fourth-order valence-electron chi connectivity index (χ4n) is 3.27. The summed E-state index contributed by atoms with van der Waals surface area (Å²) in [6, 6.07) is 0. The van der Waals surface area contributed by atoms with E-state index in [-0.39, 0.29) is 18.8 Å². The summed E-state index contributed by atoms with van der Waals surface area (Å²) in [5.74, 6) is 0.0459. The van der Waals surface area contributed by atoms with Gasteiger partial charge < -0.3 is 20.1 Å². The second kappa shape index (κ2) is 7.44. The molecule has 140 valence electrons. The third kappa shape index (κ3) is 5.03. The number of hydrogen-bond donors (Lipinski definition) is 3. The molecule has 0 saturated carbocycles. The van der Waals surface area contributed by atoms with Gasteiger partial charge in [-0.15, -0.1) is 0 Å². The molecule has 0 amide bonds. The minimum absolute atomic E-state index is 0.248. The summed E-state index contributed by atoms with van der Waals surface area (Å²) in [4.78, 5) is 11.9. The van der Waals surface area contributed by atoms with Crippen LogP contribution in [0.15, 0.2) is 34.6 Å². The average molecular weight is 350 g/mol. The molecule has 0 spiro atoms. The Morgan fingerprint density at radius 2 is 1.84 bits per heavy atom. The van der Waals surface area contributed by atoms with E-state index in [1.807, 2.05) is 6.92 Å². The van der Waals surface area contributed by atoms with E-state index < -0.39 is 17.3 Å². The monoisotopic (exact) mass is 350 g/mol. The molecule has 2 rings (SSSR count). The highest BCUT2D eigenvalue weighted by Crippen LogP contribution is 2.34. The molecular weight excluding hydrogens is 320 g/mol. The van der Waals surface area contributed by atoms with Gasteiger partial charge in [-0.1, -0.05) is 11.6 Å². The van der Waals surface area contributed by atoms with Crippen molar-refractivity contribution in [2.75, 3.05) is 0 Å². The smallest absolute Gasteiger partial charge is 0.339 e. The lowest BCUT2D eigenvalue weighted by molar-refractivity contribution is -0.133. The van der Waals surface area contributed by atoms with Crippen molar-refractivity contribution in [1.29, 1.82) is 0 Å². The fraction of sp³-hybridized carbons (Fsp3) is 0.650. The van der Waals surface area contributed by atoms with Crippen LogP contribution in [0.3, 0.4) is 0 Å². The molecule has 2 aliphatic rings. The molecule has 5 heteroatoms. The molecule has 1 aliphatic heterocycles. The zero-order valence-corrected chi connectivity index (χ0v) is 15.6. The van der Waals surface area contributed by atoms with E-state index in [2.05, 4.69) is 6.08 Å². The number of fused-ring (bicyclic) bond motifs is 1. The van der Waals surface area contributed by atoms with Crippen LogP contribution in [0.1, 0.15) is 66.2 Å². The van der Waals surface area contributed by atoms with Gasteiger partial charge in [-0.2, -0.15) is 0 Å². The maximum absolute atomic E-state index is 11.9. The number of aliphatic hydroxyl groups is 3. The van der Waals surface area contributed by atoms with Gasteiger partial charge in [0.25, 0.3) is 0 Å². The van der Waals surface area contributed by atoms with Gasteiger partial charge in [0.05, 0.1) is 17.3 Å². The Bertz CT molecular complexity index is 622. The third-order valence-corrected chi connectivity index (χ3v) is 5.26. The van der Waals surface area contributed by atoms with Crippen LogP contribution in [0.5, 0.6) is 0 Å². The topological polar surface area (TPSA) is 87.0 Å². The summed E-state index contributed by atoms with van der Waals surface area (Å²) in [5, 5.41) is 31.4. The highest BCUT2D eigenvalue weighted by molar-refractivity contribution is 5.93. The van der Waals surface area contributed by atoms with Crippen LogP contribution in [-0.2, 0) is 9.53 Å². The summed E-state index contributed by atoms with van der Waals surface area (Å²) >= 11 is 0.